The van der Waals surface area contributed by atoms with Gasteiger partial charge in [0.1, 0.15) is 5.75 Å². The average molecular weight is 427 g/mol. The summed E-state index contributed by atoms with van der Waals surface area (Å²) >= 11 is 0. The first kappa shape index (κ1) is 20.3. The van der Waals surface area contributed by atoms with E-state index in [2.05, 4.69) is 5.32 Å². The minimum Gasteiger partial charge on any atom is -0.497 e. The molecule has 3 aromatic carbocycles. The highest BCUT2D eigenvalue weighted by molar-refractivity contribution is 6.04. The number of fused-ring (bicyclic) bond motifs is 1. The predicted molar refractivity (Wildman–Crippen MR) is 124 cm³/mol. The Balaban J connectivity index is 1.63. The number of hydrogen-bond acceptors (Lipinski definition) is 3. The average Bonchev–Trinajstić information content (AvgIpc) is 3.65. The van der Waals surface area contributed by atoms with E-state index < -0.39 is 12.0 Å². The van der Waals surface area contributed by atoms with Gasteiger partial charge in [-0.15, -0.1) is 0 Å². The normalized spacial score (nSPS) is 19.9. The monoisotopic (exact) mass is 426 g/mol. The van der Waals surface area contributed by atoms with Gasteiger partial charge in [-0.3, -0.25) is 9.59 Å². The van der Waals surface area contributed by atoms with Crippen molar-refractivity contribution in [3.63, 3.8) is 0 Å². The van der Waals surface area contributed by atoms with Crippen LogP contribution in [0, 0.1) is 6.92 Å². The molecule has 0 saturated heterocycles. The smallest absolute Gasteiger partial charge is 0.254 e. The van der Waals surface area contributed by atoms with Crippen LogP contribution in [0.2, 0.25) is 0 Å². The summed E-state index contributed by atoms with van der Waals surface area (Å²) in [7, 11) is 1.63. The van der Waals surface area contributed by atoms with E-state index in [1.807, 2.05) is 84.6 Å². The maximum absolute atomic E-state index is 13.8. The highest BCUT2D eigenvalue weighted by Crippen LogP contribution is 2.48. The first-order chi connectivity index (χ1) is 15.6. The Hall–Kier alpha value is -3.60. The second-order valence-electron chi connectivity index (χ2n) is 8.59. The zero-order valence-electron chi connectivity index (χ0n) is 18.2. The van der Waals surface area contributed by atoms with E-state index >= 15 is 0 Å². The number of carbonyl (C=O) groups is 2. The summed E-state index contributed by atoms with van der Waals surface area (Å²) in [6.45, 7) is 2.01. The van der Waals surface area contributed by atoms with Crippen molar-refractivity contribution < 1.29 is 14.3 Å². The topological polar surface area (TPSA) is 58.6 Å². The van der Waals surface area contributed by atoms with Gasteiger partial charge in [-0.1, -0.05) is 48.0 Å². The van der Waals surface area contributed by atoms with Crippen molar-refractivity contribution in [2.24, 2.45) is 0 Å². The maximum Gasteiger partial charge on any atom is 0.254 e. The van der Waals surface area contributed by atoms with E-state index in [0.29, 0.717) is 11.3 Å². The minimum atomic E-state index is -0.530. The molecule has 1 aliphatic heterocycles. The summed E-state index contributed by atoms with van der Waals surface area (Å²) in [5, 5.41) is 3.09. The molecule has 0 aromatic heterocycles. The number of aryl methyl sites for hydroxylation is 1. The molecule has 5 rings (SSSR count). The van der Waals surface area contributed by atoms with Gasteiger partial charge in [-0.2, -0.15) is 0 Å². The van der Waals surface area contributed by atoms with Gasteiger partial charge in [-0.05, 0) is 61.2 Å². The van der Waals surface area contributed by atoms with Crippen molar-refractivity contribution in [1.29, 1.82) is 0 Å². The second-order valence-corrected chi connectivity index (χ2v) is 8.59. The number of benzene rings is 3. The molecule has 0 spiro atoms. The van der Waals surface area contributed by atoms with Gasteiger partial charge in [0.2, 0.25) is 5.91 Å². The Morgan fingerprint density at radius 2 is 1.75 bits per heavy atom. The van der Waals surface area contributed by atoms with E-state index in [1.54, 1.807) is 7.11 Å². The quantitative estimate of drug-likeness (QED) is 0.619. The zero-order valence-corrected chi connectivity index (χ0v) is 18.2. The van der Waals surface area contributed by atoms with Crippen molar-refractivity contribution in [3.05, 3.63) is 95.1 Å². The Morgan fingerprint density at radius 1 is 1.00 bits per heavy atom. The van der Waals surface area contributed by atoms with Gasteiger partial charge >= 0.3 is 0 Å². The lowest BCUT2D eigenvalue weighted by molar-refractivity contribution is -0.119. The lowest BCUT2D eigenvalue weighted by Gasteiger charge is -2.42. The number of methoxy groups -OCH3 is 1. The van der Waals surface area contributed by atoms with Crippen molar-refractivity contribution in [2.45, 2.75) is 37.8 Å². The summed E-state index contributed by atoms with van der Waals surface area (Å²) < 4.78 is 5.45. The molecule has 2 atom stereocenters. The number of rotatable bonds is 5. The lowest BCUT2D eigenvalue weighted by Crippen LogP contribution is -2.47. The van der Waals surface area contributed by atoms with Crippen LogP contribution in [-0.4, -0.2) is 29.9 Å². The molecule has 1 N–H and O–H groups in total. The molecule has 1 saturated carbocycles. The van der Waals surface area contributed by atoms with Gasteiger partial charge in [0.15, 0.2) is 0 Å². The zero-order chi connectivity index (χ0) is 22.2. The molecule has 2 aliphatic rings. The van der Waals surface area contributed by atoms with Crippen LogP contribution < -0.4 is 10.1 Å². The minimum absolute atomic E-state index is 0.00435. The fourth-order valence-corrected chi connectivity index (χ4v) is 4.62. The highest BCUT2D eigenvalue weighted by Gasteiger charge is 2.49. The summed E-state index contributed by atoms with van der Waals surface area (Å²) in [5.41, 5.74) is 4.17. The van der Waals surface area contributed by atoms with Crippen LogP contribution in [0.1, 0.15) is 51.8 Å². The predicted octanol–water partition coefficient (Wildman–Crippen LogP) is 5.09. The third-order valence-electron chi connectivity index (χ3n) is 6.35. The number of amides is 2. The number of anilines is 1. The Bertz CT molecular complexity index is 1170. The van der Waals surface area contributed by atoms with Crippen LogP contribution in [0.4, 0.5) is 5.69 Å². The number of nitrogens with one attached hydrogen (secondary N) is 1. The third-order valence-corrected chi connectivity index (χ3v) is 6.35. The fraction of sp³-hybridized carbons (Fsp3) is 0.259. The first-order valence-electron chi connectivity index (χ1n) is 11.0. The Kier molecular flexibility index (Phi) is 5.17. The van der Waals surface area contributed by atoms with E-state index in [9.17, 15) is 9.59 Å². The molecule has 5 heteroatoms. The number of nitrogens with zero attached hydrogens (tertiary/aromatic N) is 1. The lowest BCUT2D eigenvalue weighted by atomic mass is 9.79. The molecule has 0 unspecified atom stereocenters. The summed E-state index contributed by atoms with van der Waals surface area (Å²) in [5.74, 6) is 0.0581. The fourth-order valence-electron chi connectivity index (χ4n) is 4.62. The van der Waals surface area contributed by atoms with Crippen molar-refractivity contribution in [1.82, 2.24) is 4.90 Å². The highest BCUT2D eigenvalue weighted by atomic mass is 16.5. The Morgan fingerprint density at radius 3 is 2.47 bits per heavy atom. The number of carbonyl (C=O) groups excluding carboxylic acids is 2. The van der Waals surface area contributed by atoms with Gasteiger partial charge in [0.05, 0.1) is 19.1 Å². The maximum atomic E-state index is 13.8. The van der Waals surface area contributed by atoms with Crippen LogP contribution in [0.3, 0.4) is 0 Å². The van der Waals surface area contributed by atoms with Crippen LogP contribution in [0.15, 0.2) is 72.8 Å². The van der Waals surface area contributed by atoms with Crippen molar-refractivity contribution >= 4 is 17.5 Å². The van der Waals surface area contributed by atoms with E-state index in [0.717, 1.165) is 35.2 Å². The van der Waals surface area contributed by atoms with E-state index in [4.69, 9.17) is 4.74 Å². The molecule has 0 bridgehead atoms. The summed E-state index contributed by atoms with van der Waals surface area (Å²) in [4.78, 5) is 29.3. The molecule has 1 heterocycles. The van der Waals surface area contributed by atoms with Crippen molar-refractivity contribution in [2.75, 3.05) is 12.4 Å². The van der Waals surface area contributed by atoms with E-state index in [-0.39, 0.29) is 17.9 Å². The molecule has 2 amide bonds. The number of hydrogen-bond donors (Lipinski definition) is 1. The van der Waals surface area contributed by atoms with Crippen LogP contribution in [-0.2, 0) is 4.79 Å². The summed E-state index contributed by atoms with van der Waals surface area (Å²) in [6.07, 6.45) is 1.92. The first-order valence-corrected chi connectivity index (χ1v) is 11.0. The summed E-state index contributed by atoms with van der Waals surface area (Å²) in [6, 6.07) is 22.7. The molecule has 3 aromatic rings. The molecular weight excluding hydrogens is 400 g/mol. The molecule has 32 heavy (non-hydrogen) atoms. The van der Waals surface area contributed by atoms with Crippen molar-refractivity contribution in [3.8, 4) is 5.75 Å². The largest absolute Gasteiger partial charge is 0.497 e. The molecule has 5 nitrogen and oxygen atoms in total. The van der Waals surface area contributed by atoms with Gasteiger partial charge < -0.3 is 15.0 Å². The second kappa shape index (κ2) is 8.15. The molecule has 162 valence electrons. The molecule has 1 fully saturated rings. The van der Waals surface area contributed by atoms with Gasteiger partial charge in [-0.25, -0.2) is 0 Å². The SMILES string of the molecule is COc1cccc([C@H]2[C@H](C(=O)Nc3ccc(C)cc3)c3ccccc3C(=O)N2C2CC2)c1. The van der Waals surface area contributed by atoms with Gasteiger partial charge in [0, 0.05) is 17.3 Å². The van der Waals surface area contributed by atoms with E-state index in [1.165, 1.54) is 0 Å². The van der Waals surface area contributed by atoms with Crippen LogP contribution in [0.25, 0.3) is 0 Å². The molecule has 1 aliphatic carbocycles. The standard InChI is InChI=1S/C27H26N2O3/c1-17-10-12-19(13-11-17)28-26(30)24-22-8-3-4-9-23(22)27(31)29(20-14-15-20)25(24)18-6-5-7-21(16-18)32-2/h3-13,16,20,24-25H,14-15H2,1-2H3,(H,28,30)/t24-,25+/m1/s1. The number of ether oxygens (including phenoxy) is 1. The van der Waals surface area contributed by atoms with Gasteiger partial charge in [0.25, 0.3) is 5.91 Å². The third kappa shape index (κ3) is 3.64. The Labute approximate surface area is 188 Å². The molecule has 0 radical (unpaired) electrons. The van der Waals surface area contributed by atoms with Crippen LogP contribution in [0.5, 0.6) is 5.75 Å². The molecular formula is C27H26N2O3. The van der Waals surface area contributed by atoms with Crippen LogP contribution >= 0.6 is 0 Å².